The zero-order valence-corrected chi connectivity index (χ0v) is 10.8. The van der Waals surface area contributed by atoms with Gasteiger partial charge < -0.3 is 9.47 Å². The fraction of sp³-hybridized carbons (Fsp3) is 0.857. The smallest absolute Gasteiger partial charge is 0.104 e. The molecule has 94 valence electrons. The van der Waals surface area contributed by atoms with Gasteiger partial charge in [-0.25, -0.2) is 0 Å². The molecule has 0 spiro atoms. The molecule has 0 aliphatic carbocycles. The molecule has 2 heteroatoms. The molecule has 16 heavy (non-hydrogen) atoms. The summed E-state index contributed by atoms with van der Waals surface area (Å²) in [5.74, 6) is 0. The maximum Gasteiger partial charge on any atom is 0.104 e. The summed E-state index contributed by atoms with van der Waals surface area (Å²) < 4.78 is 10.7. The second-order valence-corrected chi connectivity index (χ2v) is 4.56. The summed E-state index contributed by atoms with van der Waals surface area (Å²) in [6.07, 6.45) is 10.3. The number of hydrogen-bond acceptors (Lipinski definition) is 2. The Hall–Kier alpha value is -0.340. The second-order valence-electron chi connectivity index (χ2n) is 4.56. The fourth-order valence-electron chi connectivity index (χ4n) is 1.75. The highest BCUT2D eigenvalue weighted by Gasteiger charge is 2.17. The summed E-state index contributed by atoms with van der Waals surface area (Å²) in [4.78, 5) is 0. The molecule has 1 aliphatic rings. The van der Waals surface area contributed by atoms with E-state index in [1.165, 1.54) is 38.5 Å². The van der Waals surface area contributed by atoms with Gasteiger partial charge in [0.15, 0.2) is 0 Å². The molecular formula is C14H26O2. The van der Waals surface area contributed by atoms with Crippen LogP contribution in [0, 0.1) is 0 Å². The topological polar surface area (TPSA) is 18.5 Å². The lowest BCUT2D eigenvalue weighted by Crippen LogP contribution is -2.36. The van der Waals surface area contributed by atoms with Crippen molar-refractivity contribution in [3.63, 3.8) is 0 Å². The molecule has 1 aliphatic heterocycles. The van der Waals surface area contributed by atoms with Crippen LogP contribution in [0.1, 0.15) is 52.4 Å². The molecule has 1 rings (SSSR count). The number of rotatable bonds is 9. The maximum absolute atomic E-state index is 5.67. The van der Waals surface area contributed by atoms with Gasteiger partial charge in [0.2, 0.25) is 0 Å². The van der Waals surface area contributed by atoms with Gasteiger partial charge in [-0.05, 0) is 25.7 Å². The second kappa shape index (κ2) is 8.77. The predicted octanol–water partition coefficient (Wildman–Crippen LogP) is 3.71. The lowest BCUT2D eigenvalue weighted by Gasteiger charge is -2.25. The zero-order valence-electron chi connectivity index (χ0n) is 10.8. The molecule has 0 radical (unpaired) electrons. The van der Waals surface area contributed by atoms with E-state index in [0.717, 1.165) is 19.8 Å². The van der Waals surface area contributed by atoms with E-state index in [-0.39, 0.29) is 0 Å². The molecule has 1 saturated heterocycles. The normalized spacial score (nSPS) is 15.9. The van der Waals surface area contributed by atoms with E-state index in [2.05, 4.69) is 19.9 Å². The van der Waals surface area contributed by atoms with Crippen LogP contribution in [0.25, 0.3) is 0 Å². The first-order valence-electron chi connectivity index (χ1n) is 6.74. The maximum atomic E-state index is 5.67. The van der Waals surface area contributed by atoms with Crippen LogP contribution in [0.4, 0.5) is 0 Å². The molecule has 2 nitrogen and oxygen atoms in total. The number of allylic oxidation sites excluding steroid dienone is 1. The number of unbranched alkanes of at least 4 members (excludes halogenated alkanes) is 2. The summed E-state index contributed by atoms with van der Waals surface area (Å²) in [6, 6.07) is 0. The van der Waals surface area contributed by atoms with Crippen LogP contribution in [0.2, 0.25) is 0 Å². The third kappa shape index (κ3) is 5.66. The Labute approximate surface area is 100 Å². The predicted molar refractivity (Wildman–Crippen MR) is 67.7 cm³/mol. The molecule has 0 aromatic carbocycles. The highest BCUT2D eigenvalue weighted by atomic mass is 16.6. The third-order valence-corrected chi connectivity index (χ3v) is 3.01. The summed E-state index contributed by atoms with van der Waals surface area (Å²) in [7, 11) is 0. The summed E-state index contributed by atoms with van der Waals surface area (Å²) >= 11 is 0. The molecule has 0 atom stereocenters. The zero-order chi connectivity index (χ0) is 11.6. The van der Waals surface area contributed by atoms with E-state index >= 15 is 0 Å². The number of hydrogen-bond donors (Lipinski definition) is 0. The highest BCUT2D eigenvalue weighted by Crippen LogP contribution is 2.15. The monoisotopic (exact) mass is 226 g/mol. The van der Waals surface area contributed by atoms with Crippen LogP contribution in [-0.2, 0) is 9.47 Å². The Morgan fingerprint density at radius 2 is 1.81 bits per heavy atom. The van der Waals surface area contributed by atoms with Crippen molar-refractivity contribution in [3.8, 4) is 0 Å². The highest BCUT2D eigenvalue weighted by molar-refractivity contribution is 5.02. The minimum absolute atomic E-state index is 0.356. The van der Waals surface area contributed by atoms with Crippen molar-refractivity contribution in [3.05, 3.63) is 11.6 Å². The van der Waals surface area contributed by atoms with Gasteiger partial charge in [-0.1, -0.05) is 38.3 Å². The first-order valence-corrected chi connectivity index (χ1v) is 6.74. The number of ether oxygens (including phenoxy) is 2. The van der Waals surface area contributed by atoms with E-state index in [1.807, 2.05) is 0 Å². The molecule has 0 bridgehead atoms. The third-order valence-electron chi connectivity index (χ3n) is 3.01. The largest absolute Gasteiger partial charge is 0.376 e. The lowest BCUT2D eigenvalue weighted by molar-refractivity contribution is -0.122. The van der Waals surface area contributed by atoms with Crippen molar-refractivity contribution in [1.82, 2.24) is 0 Å². The van der Waals surface area contributed by atoms with Gasteiger partial charge in [0.1, 0.15) is 6.10 Å². The average Bonchev–Trinajstić information content (AvgIpc) is 2.24. The molecule has 0 saturated carbocycles. The van der Waals surface area contributed by atoms with Gasteiger partial charge in [-0.2, -0.15) is 0 Å². The van der Waals surface area contributed by atoms with Gasteiger partial charge in [0.05, 0.1) is 19.8 Å². The van der Waals surface area contributed by atoms with Crippen molar-refractivity contribution in [2.45, 2.75) is 58.5 Å². The SMILES string of the molecule is CCCCC(=CCOC1COC1)CCCC. The Morgan fingerprint density at radius 3 is 2.25 bits per heavy atom. The van der Waals surface area contributed by atoms with Crippen molar-refractivity contribution in [1.29, 1.82) is 0 Å². The van der Waals surface area contributed by atoms with Gasteiger partial charge in [-0.3, -0.25) is 0 Å². The van der Waals surface area contributed by atoms with Crippen molar-refractivity contribution < 1.29 is 9.47 Å². The average molecular weight is 226 g/mol. The lowest BCUT2D eigenvalue weighted by atomic mass is 10.0. The molecule has 1 fully saturated rings. The molecule has 0 N–H and O–H groups in total. The van der Waals surface area contributed by atoms with Crippen LogP contribution < -0.4 is 0 Å². The Bertz CT molecular complexity index is 185. The quantitative estimate of drug-likeness (QED) is 0.558. The van der Waals surface area contributed by atoms with Gasteiger partial charge in [0, 0.05) is 0 Å². The first kappa shape index (κ1) is 13.7. The first-order chi connectivity index (χ1) is 7.86. The van der Waals surface area contributed by atoms with E-state index in [9.17, 15) is 0 Å². The van der Waals surface area contributed by atoms with Gasteiger partial charge >= 0.3 is 0 Å². The van der Waals surface area contributed by atoms with Crippen LogP contribution in [0.5, 0.6) is 0 Å². The summed E-state index contributed by atoms with van der Waals surface area (Å²) in [5.41, 5.74) is 1.59. The molecular weight excluding hydrogens is 200 g/mol. The van der Waals surface area contributed by atoms with Crippen molar-refractivity contribution in [2.75, 3.05) is 19.8 Å². The minimum atomic E-state index is 0.356. The van der Waals surface area contributed by atoms with Crippen molar-refractivity contribution >= 4 is 0 Å². The molecule has 0 aromatic rings. The molecule has 0 unspecified atom stereocenters. The molecule has 0 aromatic heterocycles. The summed E-state index contributed by atoms with van der Waals surface area (Å²) in [6.45, 7) is 6.84. The minimum Gasteiger partial charge on any atom is -0.376 e. The van der Waals surface area contributed by atoms with Gasteiger partial charge in [0.25, 0.3) is 0 Å². The van der Waals surface area contributed by atoms with Crippen LogP contribution in [-0.4, -0.2) is 25.9 Å². The van der Waals surface area contributed by atoms with E-state index in [1.54, 1.807) is 5.57 Å². The van der Waals surface area contributed by atoms with Crippen LogP contribution >= 0.6 is 0 Å². The summed E-state index contributed by atoms with van der Waals surface area (Å²) in [5, 5.41) is 0. The molecule has 0 amide bonds. The Balaban J connectivity index is 2.18. The van der Waals surface area contributed by atoms with Gasteiger partial charge in [-0.15, -0.1) is 0 Å². The Kier molecular flexibility index (Phi) is 7.52. The van der Waals surface area contributed by atoms with Crippen LogP contribution in [0.3, 0.4) is 0 Å². The van der Waals surface area contributed by atoms with Crippen molar-refractivity contribution in [2.24, 2.45) is 0 Å². The molecule has 1 heterocycles. The standard InChI is InChI=1S/C14H26O2/c1-3-5-7-13(8-6-4-2)9-10-16-14-11-15-12-14/h9,14H,3-8,10-12H2,1-2H3. The Morgan fingerprint density at radius 1 is 1.19 bits per heavy atom. The fourth-order valence-corrected chi connectivity index (χ4v) is 1.75. The van der Waals surface area contributed by atoms with E-state index in [4.69, 9.17) is 9.47 Å². The van der Waals surface area contributed by atoms with E-state index in [0.29, 0.717) is 6.10 Å². The van der Waals surface area contributed by atoms with Crippen LogP contribution in [0.15, 0.2) is 11.6 Å². The van der Waals surface area contributed by atoms with E-state index < -0.39 is 0 Å².